The molecule has 166 valence electrons. The Morgan fingerprint density at radius 1 is 1.19 bits per heavy atom. The minimum Gasteiger partial charge on any atom is -0.390 e. The molecule has 2 N–H and O–H groups in total. The summed E-state index contributed by atoms with van der Waals surface area (Å²) >= 11 is 0. The van der Waals surface area contributed by atoms with Crippen LogP contribution in [-0.2, 0) is 4.74 Å². The molecule has 1 aromatic carbocycles. The van der Waals surface area contributed by atoms with Crippen LogP contribution in [0.1, 0.15) is 41.9 Å². The average molecular weight is 457 g/mol. The second-order valence-electron chi connectivity index (χ2n) is 7.62. The molecule has 3 aromatic rings. The average Bonchev–Trinajstić information content (AvgIpc) is 2.77. The number of anilines is 1. The quantitative estimate of drug-likeness (QED) is 0.583. The largest absolute Gasteiger partial charge is 0.390 e. The van der Waals surface area contributed by atoms with Gasteiger partial charge in [-0.2, -0.15) is 0 Å². The van der Waals surface area contributed by atoms with Gasteiger partial charge in [0.25, 0.3) is 5.91 Å². The molecule has 0 saturated carbocycles. The van der Waals surface area contributed by atoms with Crippen LogP contribution in [0.25, 0.3) is 11.3 Å². The fraction of sp³-hybridized carbons (Fsp3) is 0.261. The van der Waals surface area contributed by atoms with Gasteiger partial charge in [0.15, 0.2) is 0 Å². The normalized spacial score (nSPS) is 20.7. The van der Waals surface area contributed by atoms with Gasteiger partial charge >= 0.3 is 0 Å². The number of halogens is 2. The number of ether oxygens (including phenoxy) is 1. The Morgan fingerprint density at radius 2 is 2.00 bits per heavy atom. The molecule has 2 aromatic heterocycles. The van der Waals surface area contributed by atoms with Crippen molar-refractivity contribution in [2.75, 3.05) is 5.32 Å². The van der Waals surface area contributed by atoms with Crippen molar-refractivity contribution in [1.29, 1.82) is 0 Å². The molecule has 0 radical (unpaired) electrons. The van der Waals surface area contributed by atoms with E-state index in [9.17, 15) is 18.7 Å². The molecule has 0 aliphatic carbocycles. The molecular formula is C23H22F2N3O3P. The minimum absolute atomic E-state index is 0.0186. The Morgan fingerprint density at radius 3 is 2.75 bits per heavy atom. The van der Waals surface area contributed by atoms with Crippen LogP contribution >= 0.6 is 9.24 Å². The Kier molecular flexibility index (Phi) is 6.55. The van der Waals surface area contributed by atoms with Crippen LogP contribution in [0.3, 0.4) is 0 Å². The van der Waals surface area contributed by atoms with Crippen molar-refractivity contribution in [3.63, 3.8) is 0 Å². The number of hydrogen-bond donors (Lipinski definition) is 2. The first-order valence-electron chi connectivity index (χ1n) is 10.1. The van der Waals surface area contributed by atoms with Crippen molar-refractivity contribution < 1.29 is 23.4 Å². The second-order valence-corrected chi connectivity index (χ2v) is 8.24. The topological polar surface area (TPSA) is 84.3 Å². The molecule has 4 unspecified atom stereocenters. The highest BCUT2D eigenvalue weighted by Crippen LogP contribution is 2.35. The highest BCUT2D eigenvalue weighted by Gasteiger charge is 2.29. The van der Waals surface area contributed by atoms with Gasteiger partial charge < -0.3 is 15.2 Å². The van der Waals surface area contributed by atoms with Crippen LogP contribution in [0, 0.1) is 11.6 Å². The number of carbonyl (C=O) groups excluding carboxylic acids is 1. The third-order valence-electron chi connectivity index (χ3n) is 5.46. The summed E-state index contributed by atoms with van der Waals surface area (Å²) in [7, 11) is 2.34. The van der Waals surface area contributed by atoms with Crippen molar-refractivity contribution in [2.24, 2.45) is 0 Å². The number of nitrogens with one attached hydrogen (secondary N) is 1. The van der Waals surface area contributed by atoms with Gasteiger partial charge in [-0.25, -0.2) is 13.8 Å². The lowest BCUT2D eigenvalue weighted by atomic mass is 9.96. The molecule has 0 bridgehead atoms. The van der Waals surface area contributed by atoms with E-state index >= 15 is 0 Å². The molecule has 3 heterocycles. The highest BCUT2D eigenvalue weighted by atomic mass is 31.0. The number of pyridine rings is 2. The number of hydrogen-bond acceptors (Lipinski definition) is 5. The first-order valence-corrected chi connectivity index (χ1v) is 10.7. The Bertz CT molecular complexity index is 1140. The van der Waals surface area contributed by atoms with E-state index in [1.54, 1.807) is 25.3 Å². The molecule has 4 rings (SSSR count). The van der Waals surface area contributed by atoms with Crippen LogP contribution in [0.4, 0.5) is 14.5 Å². The number of aromatic nitrogens is 2. The molecule has 9 heteroatoms. The van der Waals surface area contributed by atoms with Crippen LogP contribution in [0.2, 0.25) is 0 Å². The van der Waals surface area contributed by atoms with E-state index in [2.05, 4.69) is 24.5 Å². The predicted octanol–water partition coefficient (Wildman–Crippen LogP) is 3.78. The molecule has 4 atom stereocenters. The van der Waals surface area contributed by atoms with Gasteiger partial charge in [-0.3, -0.25) is 9.78 Å². The summed E-state index contributed by atoms with van der Waals surface area (Å²) in [4.78, 5) is 21.1. The van der Waals surface area contributed by atoms with Crippen molar-refractivity contribution in [2.45, 2.75) is 38.1 Å². The Balaban J connectivity index is 1.62. The van der Waals surface area contributed by atoms with E-state index in [1.165, 1.54) is 24.4 Å². The number of amides is 1. The number of carbonyl (C=O) groups is 1. The summed E-state index contributed by atoms with van der Waals surface area (Å²) in [6, 6.07) is 8.40. The van der Waals surface area contributed by atoms with Crippen molar-refractivity contribution in [1.82, 2.24) is 9.97 Å². The van der Waals surface area contributed by atoms with E-state index in [0.29, 0.717) is 23.8 Å². The summed E-state index contributed by atoms with van der Waals surface area (Å²) < 4.78 is 34.7. The summed E-state index contributed by atoms with van der Waals surface area (Å²) in [5, 5.41) is 13.1. The summed E-state index contributed by atoms with van der Waals surface area (Å²) in [5.41, 5.74) is 0.810. The minimum atomic E-state index is -0.736. The van der Waals surface area contributed by atoms with Crippen molar-refractivity contribution in [3.8, 4) is 11.3 Å². The summed E-state index contributed by atoms with van der Waals surface area (Å²) in [6.45, 7) is 1.79. The summed E-state index contributed by atoms with van der Waals surface area (Å²) in [6.07, 6.45) is 3.06. The lowest BCUT2D eigenvalue weighted by Crippen LogP contribution is -2.33. The van der Waals surface area contributed by atoms with Gasteiger partial charge in [-0.15, -0.1) is 9.24 Å². The third-order valence-corrected chi connectivity index (χ3v) is 5.94. The van der Waals surface area contributed by atoms with Gasteiger partial charge in [0, 0.05) is 17.3 Å². The van der Waals surface area contributed by atoms with Gasteiger partial charge in [0.1, 0.15) is 23.0 Å². The fourth-order valence-electron chi connectivity index (χ4n) is 3.71. The maximum absolute atomic E-state index is 14.5. The van der Waals surface area contributed by atoms with E-state index in [-0.39, 0.29) is 29.2 Å². The van der Waals surface area contributed by atoms with Gasteiger partial charge in [-0.1, -0.05) is 12.1 Å². The van der Waals surface area contributed by atoms with Crippen LogP contribution in [0.5, 0.6) is 0 Å². The molecule has 1 fully saturated rings. The zero-order valence-electron chi connectivity index (χ0n) is 17.3. The number of nitrogens with zero attached hydrogens (tertiary/aromatic N) is 2. The van der Waals surface area contributed by atoms with Crippen molar-refractivity contribution in [3.05, 3.63) is 71.7 Å². The van der Waals surface area contributed by atoms with Crippen LogP contribution in [0.15, 0.2) is 48.8 Å². The molecule has 0 spiro atoms. The Labute approximate surface area is 186 Å². The first kappa shape index (κ1) is 22.4. The van der Waals surface area contributed by atoms with E-state index < -0.39 is 23.6 Å². The highest BCUT2D eigenvalue weighted by molar-refractivity contribution is 7.28. The van der Waals surface area contributed by atoms with Crippen molar-refractivity contribution >= 4 is 26.1 Å². The summed E-state index contributed by atoms with van der Waals surface area (Å²) in [5.74, 6) is -1.96. The number of aliphatic hydroxyl groups is 1. The molecule has 1 amide bonds. The molecule has 1 aliphatic rings. The van der Waals surface area contributed by atoms with Crippen LogP contribution < -0.4 is 10.6 Å². The molecule has 32 heavy (non-hydrogen) atoms. The molecule has 6 nitrogen and oxygen atoms in total. The smallest absolute Gasteiger partial charge is 0.274 e. The maximum atomic E-state index is 14.5. The van der Waals surface area contributed by atoms with E-state index in [1.807, 2.05) is 0 Å². The third kappa shape index (κ3) is 4.53. The van der Waals surface area contributed by atoms with Gasteiger partial charge in [0.2, 0.25) is 0 Å². The lowest BCUT2D eigenvalue weighted by Gasteiger charge is -2.32. The van der Waals surface area contributed by atoms with E-state index in [4.69, 9.17) is 4.74 Å². The monoisotopic (exact) mass is 457 g/mol. The number of benzene rings is 1. The number of rotatable bonds is 4. The predicted molar refractivity (Wildman–Crippen MR) is 120 cm³/mol. The second kappa shape index (κ2) is 9.36. The zero-order valence-corrected chi connectivity index (χ0v) is 18.4. The standard InChI is InChI=1S/C23H22F2N3O3P/c1-12-18(29)7-8-19(31-12)13-9-10-26-11-17(13)28-23(30)16-6-5-15(25)22(27-16)21-14(24)3-2-4-20(21)32/h2-6,9-12,18-19,29H,7-8,32H2,1H3,(H,28,30). The lowest BCUT2D eigenvalue weighted by molar-refractivity contribution is -0.110. The Hall–Kier alpha value is -2.80. The fourth-order valence-corrected chi connectivity index (χ4v) is 4.10. The SMILES string of the molecule is CC1OC(c2ccncc2NC(=O)c2ccc(F)c(-c3c(F)cccc3P)n2)CCC1O. The van der Waals surface area contributed by atoms with E-state index in [0.717, 1.165) is 11.6 Å². The van der Waals surface area contributed by atoms with Crippen LogP contribution in [-0.4, -0.2) is 33.2 Å². The number of aliphatic hydroxyl groups excluding tert-OH is 1. The first-order chi connectivity index (χ1) is 15.3. The molecular weight excluding hydrogens is 435 g/mol. The molecule has 1 saturated heterocycles. The van der Waals surface area contributed by atoms with Gasteiger partial charge in [0.05, 0.1) is 30.2 Å². The van der Waals surface area contributed by atoms with Gasteiger partial charge in [-0.05, 0) is 49.3 Å². The maximum Gasteiger partial charge on any atom is 0.274 e. The molecule has 1 aliphatic heterocycles. The zero-order chi connectivity index (χ0) is 22.8.